The normalized spacial score (nSPS) is 12.5. The average molecular weight is 337 g/mol. The summed E-state index contributed by atoms with van der Waals surface area (Å²) in [5, 5.41) is 10.5. The predicted molar refractivity (Wildman–Crippen MR) is 84.3 cm³/mol. The van der Waals surface area contributed by atoms with Crippen LogP contribution in [0.3, 0.4) is 0 Å². The molecule has 2 rings (SSSR count). The first-order chi connectivity index (χ1) is 10.8. The standard InChI is InChI=1S/C14H18N4O4S/c1-5-6-8-15-10-9(11(16-8)23-7(2)13(20)21)12(19)18(4)14(22)17(10)3/h7H,5-6H2,1-4H3,(H,20,21)/p-1/t7-/m0/s1. The van der Waals surface area contributed by atoms with E-state index in [2.05, 4.69) is 9.97 Å². The average Bonchev–Trinajstić information content (AvgIpc) is 2.50. The third-order valence-electron chi connectivity index (χ3n) is 3.41. The van der Waals surface area contributed by atoms with Gasteiger partial charge in [0.15, 0.2) is 5.65 Å². The lowest BCUT2D eigenvalue weighted by molar-refractivity contribution is -0.304. The van der Waals surface area contributed by atoms with Gasteiger partial charge in [0.25, 0.3) is 5.56 Å². The number of carbonyl (C=O) groups excluding carboxylic acids is 1. The second kappa shape index (κ2) is 6.53. The molecule has 8 nitrogen and oxygen atoms in total. The van der Waals surface area contributed by atoms with Crippen molar-refractivity contribution in [2.45, 2.75) is 37.0 Å². The molecule has 0 N–H and O–H groups in total. The molecule has 0 unspecified atom stereocenters. The number of aryl methyl sites for hydroxylation is 2. The Bertz CT molecular complexity index is 887. The Balaban J connectivity index is 2.84. The second-order valence-corrected chi connectivity index (χ2v) is 6.51. The van der Waals surface area contributed by atoms with Crippen molar-refractivity contribution >= 4 is 28.8 Å². The minimum Gasteiger partial charge on any atom is -0.549 e. The van der Waals surface area contributed by atoms with E-state index >= 15 is 0 Å². The Labute approximate surface area is 136 Å². The Morgan fingerprint density at radius 3 is 2.48 bits per heavy atom. The molecule has 0 aliphatic rings. The van der Waals surface area contributed by atoms with E-state index in [0.717, 1.165) is 22.7 Å². The summed E-state index contributed by atoms with van der Waals surface area (Å²) >= 11 is 0.917. The molecule has 0 saturated heterocycles. The largest absolute Gasteiger partial charge is 0.549 e. The van der Waals surface area contributed by atoms with Gasteiger partial charge < -0.3 is 9.90 Å². The molecule has 0 saturated carbocycles. The van der Waals surface area contributed by atoms with Gasteiger partial charge in [0.1, 0.15) is 16.2 Å². The molecule has 1 atom stereocenters. The Hall–Kier alpha value is -2.16. The van der Waals surface area contributed by atoms with Gasteiger partial charge in [0, 0.05) is 25.8 Å². The topological polar surface area (TPSA) is 110 Å². The lowest BCUT2D eigenvalue weighted by atomic mass is 10.3. The first-order valence-corrected chi connectivity index (χ1v) is 8.00. The molecule has 0 aromatic carbocycles. The summed E-state index contributed by atoms with van der Waals surface area (Å²) in [5.41, 5.74) is -0.823. The summed E-state index contributed by atoms with van der Waals surface area (Å²) < 4.78 is 2.23. The zero-order chi connectivity index (χ0) is 17.3. The minimum atomic E-state index is -1.25. The van der Waals surface area contributed by atoms with E-state index in [4.69, 9.17) is 0 Å². The van der Waals surface area contributed by atoms with Crippen LogP contribution in [0.2, 0.25) is 0 Å². The van der Waals surface area contributed by atoms with Crippen LogP contribution >= 0.6 is 11.8 Å². The fraction of sp³-hybridized carbons (Fsp3) is 0.500. The van der Waals surface area contributed by atoms with E-state index in [-0.39, 0.29) is 16.1 Å². The molecular weight excluding hydrogens is 320 g/mol. The predicted octanol–water partition coefficient (Wildman–Crippen LogP) is -0.790. The van der Waals surface area contributed by atoms with E-state index in [1.54, 1.807) is 0 Å². The van der Waals surface area contributed by atoms with Crippen molar-refractivity contribution in [3.63, 3.8) is 0 Å². The fourth-order valence-corrected chi connectivity index (χ4v) is 2.99. The van der Waals surface area contributed by atoms with Gasteiger partial charge in [0.05, 0.1) is 5.97 Å². The van der Waals surface area contributed by atoms with Crippen molar-refractivity contribution in [3.05, 3.63) is 26.7 Å². The van der Waals surface area contributed by atoms with Crippen LogP contribution in [0.1, 0.15) is 26.1 Å². The van der Waals surface area contributed by atoms with Gasteiger partial charge in [-0.3, -0.25) is 13.9 Å². The second-order valence-electron chi connectivity index (χ2n) is 5.18. The van der Waals surface area contributed by atoms with Crippen LogP contribution in [0.25, 0.3) is 11.0 Å². The van der Waals surface area contributed by atoms with Crippen LogP contribution in [0.4, 0.5) is 0 Å². The molecule has 0 spiro atoms. The van der Waals surface area contributed by atoms with Gasteiger partial charge in [-0.25, -0.2) is 14.8 Å². The quantitative estimate of drug-likeness (QED) is 0.519. The van der Waals surface area contributed by atoms with E-state index in [1.807, 2.05) is 6.92 Å². The van der Waals surface area contributed by atoms with E-state index in [0.29, 0.717) is 12.2 Å². The number of hydrogen-bond acceptors (Lipinski definition) is 7. The first kappa shape index (κ1) is 17.2. The van der Waals surface area contributed by atoms with Crippen LogP contribution in [0, 0.1) is 0 Å². The van der Waals surface area contributed by atoms with Crippen LogP contribution in [0.15, 0.2) is 14.6 Å². The zero-order valence-corrected chi connectivity index (χ0v) is 14.1. The van der Waals surface area contributed by atoms with Gasteiger partial charge in [-0.2, -0.15) is 0 Å². The third kappa shape index (κ3) is 3.14. The van der Waals surface area contributed by atoms with Crippen molar-refractivity contribution in [1.29, 1.82) is 0 Å². The number of carbonyl (C=O) groups is 1. The number of hydrogen-bond donors (Lipinski definition) is 0. The van der Waals surface area contributed by atoms with Gasteiger partial charge in [-0.15, -0.1) is 0 Å². The third-order valence-corrected chi connectivity index (χ3v) is 4.47. The summed E-state index contributed by atoms with van der Waals surface area (Å²) in [6.45, 7) is 3.41. The molecule has 23 heavy (non-hydrogen) atoms. The molecule has 2 aromatic heterocycles. The van der Waals surface area contributed by atoms with E-state index < -0.39 is 22.5 Å². The van der Waals surface area contributed by atoms with Crippen molar-refractivity contribution < 1.29 is 9.90 Å². The zero-order valence-electron chi connectivity index (χ0n) is 13.3. The molecule has 2 heterocycles. The molecule has 0 bridgehead atoms. The molecule has 0 aliphatic heterocycles. The molecule has 2 aromatic rings. The Kier molecular flexibility index (Phi) is 4.88. The summed E-state index contributed by atoms with van der Waals surface area (Å²) in [4.78, 5) is 44.1. The molecule has 0 aliphatic carbocycles. The molecule has 124 valence electrons. The smallest absolute Gasteiger partial charge is 0.332 e. The SMILES string of the molecule is CCCc1nc(S[C@@H](C)C(=O)[O-])c2c(=O)n(C)c(=O)n(C)c2n1. The first-order valence-electron chi connectivity index (χ1n) is 7.12. The summed E-state index contributed by atoms with van der Waals surface area (Å²) in [7, 11) is 2.88. The summed E-state index contributed by atoms with van der Waals surface area (Å²) in [6, 6.07) is 0. The monoisotopic (exact) mass is 337 g/mol. The minimum absolute atomic E-state index is 0.146. The molecule has 0 amide bonds. The van der Waals surface area contributed by atoms with Gasteiger partial charge >= 0.3 is 5.69 Å². The van der Waals surface area contributed by atoms with Crippen molar-refractivity contribution in [2.75, 3.05) is 0 Å². The number of carboxylic acids is 1. The number of carboxylic acid groups (broad SMARTS) is 1. The number of aromatic nitrogens is 4. The number of aliphatic carboxylic acids is 1. The lowest BCUT2D eigenvalue weighted by Crippen LogP contribution is -2.38. The van der Waals surface area contributed by atoms with E-state index in [9.17, 15) is 19.5 Å². The Morgan fingerprint density at radius 2 is 1.91 bits per heavy atom. The van der Waals surface area contributed by atoms with Gasteiger partial charge in [0.2, 0.25) is 0 Å². The molecule has 9 heteroatoms. The van der Waals surface area contributed by atoms with Crippen molar-refractivity contribution in [1.82, 2.24) is 19.1 Å². The molecule has 0 radical (unpaired) electrons. The van der Waals surface area contributed by atoms with Gasteiger partial charge in [-0.1, -0.05) is 18.7 Å². The summed E-state index contributed by atoms with van der Waals surface area (Å²) in [6.07, 6.45) is 1.34. The van der Waals surface area contributed by atoms with Crippen molar-refractivity contribution in [2.24, 2.45) is 14.1 Å². The number of thioether (sulfide) groups is 1. The highest BCUT2D eigenvalue weighted by Gasteiger charge is 2.19. The maximum absolute atomic E-state index is 12.4. The van der Waals surface area contributed by atoms with Crippen molar-refractivity contribution in [3.8, 4) is 0 Å². The highest BCUT2D eigenvalue weighted by molar-refractivity contribution is 8.00. The molecular formula is C14H17N4O4S-. The van der Waals surface area contributed by atoms with E-state index in [1.165, 1.54) is 25.6 Å². The Morgan fingerprint density at radius 1 is 1.26 bits per heavy atom. The maximum atomic E-state index is 12.4. The van der Waals surface area contributed by atoms with Crippen LogP contribution < -0.4 is 16.4 Å². The van der Waals surface area contributed by atoms with Gasteiger partial charge in [-0.05, 0) is 13.3 Å². The lowest BCUT2D eigenvalue weighted by Gasteiger charge is -2.15. The van der Waals surface area contributed by atoms with Crippen LogP contribution in [-0.4, -0.2) is 30.3 Å². The van der Waals surface area contributed by atoms with Crippen LogP contribution in [0.5, 0.6) is 0 Å². The maximum Gasteiger partial charge on any atom is 0.332 e. The van der Waals surface area contributed by atoms with Crippen LogP contribution in [-0.2, 0) is 25.3 Å². The summed E-state index contributed by atoms with van der Waals surface area (Å²) in [5.74, 6) is -0.781. The number of rotatable bonds is 5. The molecule has 0 fully saturated rings. The number of nitrogens with zero attached hydrogens (tertiary/aromatic N) is 4. The number of fused-ring (bicyclic) bond motifs is 1. The highest BCUT2D eigenvalue weighted by atomic mass is 32.2. The fourth-order valence-electron chi connectivity index (χ4n) is 2.11. The highest BCUT2D eigenvalue weighted by Crippen LogP contribution is 2.26.